The summed E-state index contributed by atoms with van der Waals surface area (Å²) in [5.41, 5.74) is 1.08. The molecule has 6 nitrogen and oxygen atoms in total. The third kappa shape index (κ3) is 5.58. The number of thioether (sulfide) groups is 1. The molecule has 8 heteroatoms. The van der Waals surface area contributed by atoms with Crippen molar-refractivity contribution in [1.82, 2.24) is 0 Å². The van der Waals surface area contributed by atoms with Gasteiger partial charge in [-0.3, -0.25) is 9.59 Å². The van der Waals surface area contributed by atoms with Gasteiger partial charge in [0.1, 0.15) is 10.3 Å². The topological polar surface area (TPSA) is 81.7 Å². The van der Waals surface area contributed by atoms with Crippen LogP contribution in [-0.2, 0) is 19.1 Å². The van der Waals surface area contributed by atoms with E-state index >= 15 is 0 Å². The molecular weight excluding hydrogens is 386 g/mol. The molecule has 0 spiro atoms. The van der Waals surface area contributed by atoms with E-state index in [1.54, 1.807) is 13.8 Å². The first-order chi connectivity index (χ1) is 12.8. The molecule has 1 atom stereocenters. The maximum atomic E-state index is 12.1. The van der Waals surface area contributed by atoms with Gasteiger partial charge in [-0.05, 0) is 38.5 Å². The van der Waals surface area contributed by atoms with Crippen LogP contribution in [0.25, 0.3) is 0 Å². The molecular formula is C19H21NO5S2. The first-order valence-electron chi connectivity index (χ1n) is 8.20. The number of anilines is 1. The Labute approximate surface area is 166 Å². The fraction of sp³-hybridized carbons (Fsp3) is 0.316. The molecule has 0 unspecified atom stereocenters. The number of rotatable bonds is 7. The normalized spacial score (nSPS) is 11.6. The Morgan fingerprint density at radius 3 is 2.48 bits per heavy atom. The van der Waals surface area contributed by atoms with E-state index in [1.807, 2.05) is 37.3 Å². The zero-order valence-electron chi connectivity index (χ0n) is 15.5. The highest BCUT2D eigenvalue weighted by Gasteiger charge is 2.22. The van der Waals surface area contributed by atoms with Gasteiger partial charge in [0, 0.05) is 9.77 Å². The Morgan fingerprint density at radius 2 is 1.85 bits per heavy atom. The van der Waals surface area contributed by atoms with Crippen molar-refractivity contribution in [3.63, 3.8) is 0 Å². The number of aryl methyl sites for hydroxylation is 1. The van der Waals surface area contributed by atoms with E-state index in [0.29, 0.717) is 10.6 Å². The van der Waals surface area contributed by atoms with Gasteiger partial charge in [-0.2, -0.15) is 0 Å². The average Bonchev–Trinajstić information content (AvgIpc) is 2.93. The molecule has 2 aromatic rings. The minimum absolute atomic E-state index is 0.327. The summed E-state index contributed by atoms with van der Waals surface area (Å²) in [6, 6.07) is 9.47. The van der Waals surface area contributed by atoms with Crippen LogP contribution in [0, 0.1) is 13.8 Å². The number of ether oxygens (including phenoxy) is 2. The molecule has 1 aromatic carbocycles. The quantitative estimate of drug-likeness (QED) is 0.555. The molecule has 0 aliphatic rings. The van der Waals surface area contributed by atoms with Crippen LogP contribution in [0.2, 0.25) is 0 Å². The molecule has 144 valence electrons. The lowest BCUT2D eigenvalue weighted by Gasteiger charge is -2.11. The van der Waals surface area contributed by atoms with Gasteiger partial charge in [0.15, 0.2) is 6.61 Å². The molecule has 0 fully saturated rings. The molecule has 1 amide bonds. The number of carbonyl (C=O) groups excluding carboxylic acids is 3. The van der Waals surface area contributed by atoms with Crippen LogP contribution in [0.1, 0.15) is 27.7 Å². The number of esters is 2. The number of hydrogen-bond acceptors (Lipinski definition) is 7. The van der Waals surface area contributed by atoms with Crippen LogP contribution >= 0.6 is 23.1 Å². The second kappa shape index (κ2) is 9.57. The first kappa shape index (κ1) is 21.0. The van der Waals surface area contributed by atoms with Crippen LogP contribution in [0.5, 0.6) is 0 Å². The highest BCUT2D eigenvalue weighted by atomic mass is 32.2. The molecule has 0 radical (unpaired) electrons. The summed E-state index contributed by atoms with van der Waals surface area (Å²) in [5.74, 6) is -1.51. The number of thiophene rings is 1. The van der Waals surface area contributed by atoms with Gasteiger partial charge in [-0.25, -0.2) is 4.79 Å². The second-order valence-corrected chi connectivity index (χ2v) is 8.35. The lowest BCUT2D eigenvalue weighted by Crippen LogP contribution is -2.25. The Balaban J connectivity index is 1.92. The average molecular weight is 408 g/mol. The Bertz CT molecular complexity index is 832. The highest BCUT2D eigenvalue weighted by Crippen LogP contribution is 2.33. The number of hydrogen-bond donors (Lipinski definition) is 1. The minimum atomic E-state index is -0.517. The van der Waals surface area contributed by atoms with Crippen molar-refractivity contribution < 1.29 is 23.9 Å². The van der Waals surface area contributed by atoms with Crippen molar-refractivity contribution >= 4 is 45.9 Å². The van der Waals surface area contributed by atoms with Crippen LogP contribution in [0.3, 0.4) is 0 Å². The van der Waals surface area contributed by atoms with E-state index in [9.17, 15) is 14.4 Å². The van der Waals surface area contributed by atoms with Crippen LogP contribution in [0.4, 0.5) is 5.00 Å². The van der Waals surface area contributed by atoms with E-state index in [0.717, 1.165) is 15.3 Å². The Hall–Kier alpha value is -2.32. The van der Waals surface area contributed by atoms with Gasteiger partial charge in [-0.15, -0.1) is 23.1 Å². The van der Waals surface area contributed by atoms with Gasteiger partial charge < -0.3 is 14.8 Å². The largest absolute Gasteiger partial charge is 0.465 e. The number of benzene rings is 1. The van der Waals surface area contributed by atoms with Gasteiger partial charge in [0.25, 0.3) is 5.91 Å². The van der Waals surface area contributed by atoms with Crippen LogP contribution in [-0.4, -0.2) is 36.8 Å². The maximum Gasteiger partial charge on any atom is 0.341 e. The molecule has 0 saturated heterocycles. The number of methoxy groups -OCH3 is 1. The van der Waals surface area contributed by atoms with Gasteiger partial charge >= 0.3 is 11.9 Å². The molecule has 27 heavy (non-hydrogen) atoms. The molecule has 2 rings (SSSR count). The van der Waals surface area contributed by atoms with E-state index in [1.165, 1.54) is 30.2 Å². The third-order valence-corrected chi connectivity index (χ3v) is 5.97. The minimum Gasteiger partial charge on any atom is -0.465 e. The van der Waals surface area contributed by atoms with Crippen molar-refractivity contribution in [3.05, 3.63) is 46.3 Å². The zero-order valence-corrected chi connectivity index (χ0v) is 17.2. The number of carbonyl (C=O) groups is 3. The fourth-order valence-corrected chi connectivity index (χ4v) is 4.18. The summed E-state index contributed by atoms with van der Waals surface area (Å²) < 4.78 is 9.86. The number of nitrogens with one attached hydrogen (secondary N) is 1. The summed E-state index contributed by atoms with van der Waals surface area (Å²) in [6.07, 6.45) is 0. The fourth-order valence-electron chi connectivity index (χ4n) is 2.23. The van der Waals surface area contributed by atoms with E-state index < -0.39 is 29.7 Å². The molecule has 1 N–H and O–H groups in total. The summed E-state index contributed by atoms with van der Waals surface area (Å²) in [5, 5.41) is 2.57. The van der Waals surface area contributed by atoms with Crippen molar-refractivity contribution in [2.75, 3.05) is 19.0 Å². The lowest BCUT2D eigenvalue weighted by molar-refractivity contribution is -0.146. The van der Waals surface area contributed by atoms with Gasteiger partial charge in [0.05, 0.1) is 12.7 Å². The standard InChI is InChI=1S/C19H21NO5S2/c1-11-12(2)27-17(16(11)19(23)24-4)20-15(21)10-25-18(22)13(3)26-14-8-6-5-7-9-14/h5-9,13H,10H2,1-4H3,(H,20,21)/t13-/m0/s1. The molecule has 0 bridgehead atoms. The lowest BCUT2D eigenvalue weighted by atomic mass is 10.1. The van der Waals surface area contributed by atoms with Crippen LogP contribution in [0.15, 0.2) is 35.2 Å². The van der Waals surface area contributed by atoms with Gasteiger partial charge in [0.2, 0.25) is 0 Å². The summed E-state index contributed by atoms with van der Waals surface area (Å²) in [7, 11) is 1.29. The third-order valence-electron chi connectivity index (χ3n) is 3.76. The maximum absolute atomic E-state index is 12.1. The summed E-state index contributed by atoms with van der Waals surface area (Å²) in [4.78, 5) is 38.0. The second-order valence-electron chi connectivity index (χ2n) is 5.71. The first-order valence-corrected chi connectivity index (χ1v) is 9.89. The smallest absolute Gasteiger partial charge is 0.341 e. The van der Waals surface area contributed by atoms with Gasteiger partial charge in [-0.1, -0.05) is 18.2 Å². The molecule has 1 aromatic heterocycles. The van der Waals surface area contributed by atoms with Crippen LogP contribution < -0.4 is 5.32 Å². The Kier molecular flexibility index (Phi) is 7.44. The summed E-state index contributed by atoms with van der Waals surface area (Å²) in [6.45, 7) is 4.94. The zero-order chi connectivity index (χ0) is 20.0. The molecule has 1 heterocycles. The summed E-state index contributed by atoms with van der Waals surface area (Å²) >= 11 is 2.63. The van der Waals surface area contributed by atoms with E-state index in [2.05, 4.69) is 5.32 Å². The monoisotopic (exact) mass is 407 g/mol. The SMILES string of the molecule is COC(=O)c1c(NC(=O)COC(=O)[C@H](C)Sc2ccccc2)sc(C)c1C. The molecule has 0 aliphatic heterocycles. The predicted octanol–water partition coefficient (Wildman–Crippen LogP) is 3.81. The van der Waals surface area contributed by atoms with Crippen molar-refractivity contribution in [1.29, 1.82) is 0 Å². The van der Waals surface area contributed by atoms with Crippen molar-refractivity contribution in [3.8, 4) is 0 Å². The molecule has 0 saturated carbocycles. The van der Waals surface area contributed by atoms with E-state index in [4.69, 9.17) is 9.47 Å². The predicted molar refractivity (Wildman–Crippen MR) is 106 cm³/mol. The van der Waals surface area contributed by atoms with Crippen molar-refractivity contribution in [2.24, 2.45) is 0 Å². The Morgan fingerprint density at radius 1 is 1.19 bits per heavy atom. The van der Waals surface area contributed by atoms with E-state index in [-0.39, 0.29) is 0 Å². The number of amides is 1. The highest BCUT2D eigenvalue weighted by molar-refractivity contribution is 8.00. The molecule has 0 aliphatic carbocycles. The van der Waals surface area contributed by atoms with Crippen molar-refractivity contribution in [2.45, 2.75) is 30.9 Å².